The van der Waals surface area contributed by atoms with Crippen LogP contribution in [0.25, 0.3) is 0 Å². The van der Waals surface area contributed by atoms with Crippen LogP contribution < -0.4 is 5.73 Å². The topological polar surface area (TPSA) is 43.1 Å². The zero-order valence-electron chi connectivity index (χ0n) is 6.42. The minimum Gasteiger partial charge on any atom is -0.330 e. The van der Waals surface area contributed by atoms with Crippen LogP contribution in [0.4, 0.5) is 0 Å². The molecule has 0 bridgehead atoms. The fourth-order valence-corrected chi connectivity index (χ4v) is 0.789. The summed E-state index contributed by atoms with van der Waals surface area (Å²) in [6, 6.07) is 0. The number of ketones is 1. The predicted octanol–water partition coefficient (Wildman–Crippen LogP) is 0.420. The highest BCUT2D eigenvalue weighted by Crippen LogP contribution is 2.09. The molecule has 2 nitrogen and oxygen atoms in total. The summed E-state index contributed by atoms with van der Waals surface area (Å²) in [6.45, 7) is 4.22. The Morgan fingerprint density at radius 1 is 1.70 bits per heavy atom. The molecule has 0 saturated carbocycles. The van der Waals surface area contributed by atoms with Gasteiger partial charge >= 0.3 is 0 Å². The van der Waals surface area contributed by atoms with Crippen LogP contribution in [-0.2, 0) is 4.79 Å². The Bertz CT molecular complexity index is 155. The molecule has 1 unspecified atom stereocenters. The molecule has 0 aliphatic carbocycles. The van der Waals surface area contributed by atoms with Crippen molar-refractivity contribution in [2.45, 2.75) is 13.8 Å². The first kappa shape index (κ1) is 9.19. The molecule has 0 amide bonds. The van der Waals surface area contributed by atoms with E-state index in [1.54, 1.807) is 0 Å². The first-order valence-corrected chi connectivity index (χ1v) is 3.34. The Labute approximate surface area is 61.8 Å². The van der Waals surface area contributed by atoms with Gasteiger partial charge in [-0.3, -0.25) is 4.79 Å². The van der Waals surface area contributed by atoms with Gasteiger partial charge in [-0.25, -0.2) is 0 Å². The van der Waals surface area contributed by atoms with Crippen LogP contribution in [0.1, 0.15) is 13.8 Å². The molecular formula is C8H13NO. The summed E-state index contributed by atoms with van der Waals surface area (Å²) in [5.74, 6) is 1.98. The van der Waals surface area contributed by atoms with Gasteiger partial charge in [-0.15, -0.1) is 6.42 Å². The zero-order chi connectivity index (χ0) is 8.15. The molecule has 0 saturated heterocycles. The highest BCUT2D eigenvalue weighted by molar-refractivity contribution is 5.97. The average Bonchev–Trinajstić information content (AvgIpc) is 1.88. The van der Waals surface area contributed by atoms with Gasteiger partial charge in [0.25, 0.3) is 0 Å². The van der Waals surface area contributed by atoms with Crippen molar-refractivity contribution in [2.24, 2.45) is 17.6 Å². The van der Waals surface area contributed by atoms with E-state index in [1.807, 2.05) is 13.8 Å². The van der Waals surface area contributed by atoms with Crippen molar-refractivity contribution in [2.75, 3.05) is 6.54 Å². The molecule has 0 aliphatic heterocycles. The van der Waals surface area contributed by atoms with Crippen molar-refractivity contribution in [3.05, 3.63) is 0 Å². The molecule has 0 aromatic heterocycles. The van der Waals surface area contributed by atoms with E-state index >= 15 is 0 Å². The van der Waals surface area contributed by atoms with Crippen LogP contribution in [-0.4, -0.2) is 12.3 Å². The van der Waals surface area contributed by atoms with Crippen LogP contribution in [0.15, 0.2) is 0 Å². The lowest BCUT2D eigenvalue weighted by Crippen LogP contribution is -2.27. The second-order valence-corrected chi connectivity index (χ2v) is 2.59. The van der Waals surface area contributed by atoms with Crippen LogP contribution in [0.3, 0.4) is 0 Å². The summed E-state index contributed by atoms with van der Waals surface area (Å²) in [7, 11) is 0. The molecule has 0 spiro atoms. The molecule has 56 valence electrons. The number of Topliss-reactive ketones (excluding diaryl/α,β-unsaturated/α-hetero) is 1. The summed E-state index contributed by atoms with van der Waals surface area (Å²) in [4.78, 5) is 10.9. The van der Waals surface area contributed by atoms with Crippen molar-refractivity contribution in [1.82, 2.24) is 0 Å². The van der Waals surface area contributed by atoms with E-state index in [9.17, 15) is 4.79 Å². The van der Waals surface area contributed by atoms with Crippen molar-refractivity contribution in [1.29, 1.82) is 0 Å². The van der Waals surface area contributed by atoms with Crippen molar-refractivity contribution in [3.63, 3.8) is 0 Å². The third-order valence-corrected chi connectivity index (χ3v) is 1.54. The van der Waals surface area contributed by atoms with Gasteiger partial charge in [0.2, 0.25) is 5.78 Å². The first-order valence-electron chi connectivity index (χ1n) is 3.34. The van der Waals surface area contributed by atoms with E-state index in [1.165, 1.54) is 0 Å². The standard InChI is InChI=1S/C8H13NO/c1-4-8(10)7(5-9)6(2)3/h1,6-7H,5,9H2,2-3H3. The second kappa shape index (κ2) is 4.08. The number of hydrogen-bond donors (Lipinski definition) is 1. The van der Waals surface area contributed by atoms with Gasteiger partial charge in [0, 0.05) is 12.5 Å². The summed E-state index contributed by atoms with van der Waals surface area (Å²) in [5, 5.41) is 0. The Kier molecular flexibility index (Phi) is 3.75. The van der Waals surface area contributed by atoms with Crippen LogP contribution in [0.5, 0.6) is 0 Å². The van der Waals surface area contributed by atoms with Crippen molar-refractivity contribution < 1.29 is 4.79 Å². The van der Waals surface area contributed by atoms with Crippen molar-refractivity contribution in [3.8, 4) is 12.3 Å². The molecule has 0 radical (unpaired) electrons. The minimum atomic E-state index is -0.183. The summed E-state index contributed by atoms with van der Waals surface area (Å²) in [6.07, 6.45) is 4.93. The van der Waals surface area contributed by atoms with E-state index in [0.717, 1.165) is 0 Å². The maximum absolute atomic E-state index is 10.9. The number of rotatable bonds is 3. The highest BCUT2D eigenvalue weighted by Gasteiger charge is 2.17. The number of carbonyl (C=O) groups excluding carboxylic acids is 1. The van der Waals surface area contributed by atoms with Gasteiger partial charge < -0.3 is 5.73 Å². The SMILES string of the molecule is C#CC(=O)C(CN)C(C)C. The molecule has 0 heterocycles. The maximum Gasteiger partial charge on any atom is 0.209 e. The largest absolute Gasteiger partial charge is 0.330 e. The molecule has 2 N–H and O–H groups in total. The monoisotopic (exact) mass is 139 g/mol. The summed E-state index contributed by atoms with van der Waals surface area (Å²) >= 11 is 0. The molecule has 0 aromatic rings. The second-order valence-electron chi connectivity index (χ2n) is 2.59. The maximum atomic E-state index is 10.9. The van der Waals surface area contributed by atoms with E-state index in [2.05, 4.69) is 5.92 Å². The van der Waals surface area contributed by atoms with E-state index in [-0.39, 0.29) is 17.6 Å². The zero-order valence-corrected chi connectivity index (χ0v) is 6.42. The lowest BCUT2D eigenvalue weighted by molar-refractivity contribution is -0.118. The molecule has 0 fully saturated rings. The summed E-state index contributed by atoms with van der Waals surface area (Å²) < 4.78 is 0. The van der Waals surface area contributed by atoms with Crippen LogP contribution in [0.2, 0.25) is 0 Å². The van der Waals surface area contributed by atoms with Crippen molar-refractivity contribution >= 4 is 5.78 Å². The predicted molar refractivity (Wildman–Crippen MR) is 41.2 cm³/mol. The Morgan fingerprint density at radius 3 is 2.30 bits per heavy atom. The normalized spacial score (nSPS) is 12.7. The molecule has 2 heteroatoms. The van der Waals surface area contributed by atoms with Gasteiger partial charge in [-0.1, -0.05) is 13.8 Å². The Hall–Kier alpha value is -0.810. The first-order chi connectivity index (χ1) is 4.63. The minimum absolute atomic E-state index is 0.162. The number of nitrogens with two attached hydrogens (primary N) is 1. The fourth-order valence-electron chi connectivity index (χ4n) is 0.789. The van der Waals surface area contributed by atoms with Gasteiger partial charge in [0.05, 0.1) is 0 Å². The number of carbonyl (C=O) groups is 1. The third-order valence-electron chi connectivity index (χ3n) is 1.54. The molecule has 10 heavy (non-hydrogen) atoms. The number of terminal acetylenes is 1. The van der Waals surface area contributed by atoms with Crippen LogP contribution >= 0.6 is 0 Å². The number of hydrogen-bond acceptors (Lipinski definition) is 2. The van der Waals surface area contributed by atoms with Gasteiger partial charge in [0.15, 0.2) is 0 Å². The molecule has 0 rings (SSSR count). The lowest BCUT2D eigenvalue weighted by atomic mass is 9.92. The lowest BCUT2D eigenvalue weighted by Gasteiger charge is -2.13. The Balaban J connectivity index is 4.10. The average molecular weight is 139 g/mol. The van der Waals surface area contributed by atoms with E-state index < -0.39 is 0 Å². The quantitative estimate of drug-likeness (QED) is 0.455. The van der Waals surface area contributed by atoms with Crippen LogP contribution in [0, 0.1) is 24.2 Å². The summed E-state index contributed by atoms with van der Waals surface area (Å²) in [5.41, 5.74) is 5.33. The van der Waals surface area contributed by atoms with Gasteiger partial charge in [0.1, 0.15) is 0 Å². The third kappa shape index (κ3) is 2.20. The fraction of sp³-hybridized carbons (Fsp3) is 0.625. The van der Waals surface area contributed by atoms with E-state index in [0.29, 0.717) is 6.54 Å². The van der Waals surface area contributed by atoms with E-state index in [4.69, 9.17) is 12.2 Å². The molecule has 1 atom stereocenters. The molecule has 0 aliphatic rings. The highest BCUT2D eigenvalue weighted by atomic mass is 16.1. The van der Waals surface area contributed by atoms with Gasteiger partial charge in [-0.2, -0.15) is 0 Å². The molecule has 0 aromatic carbocycles. The Morgan fingerprint density at radius 2 is 2.20 bits per heavy atom. The molecular weight excluding hydrogens is 126 g/mol. The van der Waals surface area contributed by atoms with Gasteiger partial charge in [-0.05, 0) is 11.8 Å². The smallest absolute Gasteiger partial charge is 0.209 e.